The Hall–Kier alpha value is -0.500. The molecule has 1 fully saturated rings. The first-order valence-electron chi connectivity index (χ1n) is 5.65. The Balaban J connectivity index is 1.94. The van der Waals surface area contributed by atoms with Gasteiger partial charge in [-0.2, -0.15) is 0 Å². The number of alkyl halides is 1. The quantitative estimate of drug-likeness (QED) is 0.750. The molecule has 0 N–H and O–H groups in total. The number of benzene rings is 1. The number of rotatable bonds is 4. The first-order chi connectivity index (χ1) is 7.29. The average molecular weight is 268 g/mol. The highest BCUT2D eigenvalue weighted by atomic mass is 79.9. The molecule has 1 aliphatic carbocycles. The summed E-state index contributed by atoms with van der Waals surface area (Å²) in [6, 6.07) is 8.83. The highest BCUT2D eigenvalue weighted by Crippen LogP contribution is 2.28. The molecule has 0 aromatic heterocycles. The van der Waals surface area contributed by atoms with Gasteiger partial charge in [-0.25, -0.2) is 0 Å². The first kappa shape index (κ1) is 11.0. The fourth-order valence-corrected chi connectivity index (χ4v) is 2.38. The molecule has 1 nitrogen and oxygen atoms in total. The van der Waals surface area contributed by atoms with E-state index in [1.807, 2.05) is 0 Å². The van der Waals surface area contributed by atoms with Crippen LogP contribution < -0.4 is 4.90 Å². The van der Waals surface area contributed by atoms with Crippen molar-refractivity contribution in [2.45, 2.75) is 24.6 Å². The van der Waals surface area contributed by atoms with Gasteiger partial charge < -0.3 is 4.90 Å². The van der Waals surface area contributed by atoms with Crippen LogP contribution in [0.3, 0.4) is 0 Å². The Bertz CT molecular complexity index is 303. The summed E-state index contributed by atoms with van der Waals surface area (Å²) >= 11 is 3.47. The SMILES string of the molecule is CN(CC1CCC1)c1ccc(CBr)cc1. The van der Waals surface area contributed by atoms with Gasteiger partial charge >= 0.3 is 0 Å². The molecular formula is C13H18BrN. The Kier molecular flexibility index (Phi) is 3.68. The fraction of sp³-hybridized carbons (Fsp3) is 0.538. The summed E-state index contributed by atoms with van der Waals surface area (Å²) in [5.41, 5.74) is 2.68. The van der Waals surface area contributed by atoms with Crippen LogP contribution in [0, 0.1) is 5.92 Å². The molecule has 1 aromatic carbocycles. The van der Waals surface area contributed by atoms with Crippen LogP contribution in [0.5, 0.6) is 0 Å². The summed E-state index contributed by atoms with van der Waals surface area (Å²) in [5.74, 6) is 0.936. The molecule has 0 heterocycles. The lowest BCUT2D eigenvalue weighted by molar-refractivity contribution is 0.321. The number of hydrogen-bond acceptors (Lipinski definition) is 1. The maximum atomic E-state index is 3.47. The zero-order valence-corrected chi connectivity index (χ0v) is 10.8. The lowest BCUT2D eigenvalue weighted by Gasteiger charge is -2.31. The van der Waals surface area contributed by atoms with E-state index < -0.39 is 0 Å². The number of halogens is 1. The van der Waals surface area contributed by atoms with Crippen molar-refractivity contribution < 1.29 is 0 Å². The van der Waals surface area contributed by atoms with Gasteiger partial charge in [0.2, 0.25) is 0 Å². The summed E-state index contributed by atoms with van der Waals surface area (Å²) in [6.45, 7) is 1.22. The maximum absolute atomic E-state index is 3.47. The second-order valence-electron chi connectivity index (χ2n) is 4.48. The molecule has 0 unspecified atom stereocenters. The van der Waals surface area contributed by atoms with Crippen molar-refractivity contribution in [1.29, 1.82) is 0 Å². The molecule has 0 radical (unpaired) electrons. The van der Waals surface area contributed by atoms with Crippen molar-refractivity contribution in [1.82, 2.24) is 0 Å². The van der Waals surface area contributed by atoms with Crippen LogP contribution in [0.4, 0.5) is 5.69 Å². The van der Waals surface area contributed by atoms with E-state index in [-0.39, 0.29) is 0 Å². The number of hydrogen-bond donors (Lipinski definition) is 0. The minimum absolute atomic E-state index is 0.936. The number of nitrogens with zero attached hydrogens (tertiary/aromatic N) is 1. The van der Waals surface area contributed by atoms with E-state index in [0.29, 0.717) is 0 Å². The van der Waals surface area contributed by atoms with Gasteiger partial charge in [-0.15, -0.1) is 0 Å². The van der Waals surface area contributed by atoms with Gasteiger partial charge in [-0.05, 0) is 36.5 Å². The smallest absolute Gasteiger partial charge is 0.0363 e. The normalized spacial score (nSPS) is 16.1. The molecule has 0 amide bonds. The molecule has 1 aromatic rings. The van der Waals surface area contributed by atoms with Crippen LogP contribution >= 0.6 is 15.9 Å². The third kappa shape index (κ3) is 2.75. The van der Waals surface area contributed by atoms with Crippen LogP contribution in [0.2, 0.25) is 0 Å². The van der Waals surface area contributed by atoms with Crippen LogP contribution in [0.1, 0.15) is 24.8 Å². The largest absolute Gasteiger partial charge is 0.374 e. The second-order valence-corrected chi connectivity index (χ2v) is 5.04. The van der Waals surface area contributed by atoms with Crippen molar-refractivity contribution >= 4 is 21.6 Å². The molecule has 0 atom stereocenters. The van der Waals surface area contributed by atoms with Gasteiger partial charge in [0.25, 0.3) is 0 Å². The van der Waals surface area contributed by atoms with Gasteiger partial charge in [-0.1, -0.05) is 34.5 Å². The highest BCUT2D eigenvalue weighted by Gasteiger charge is 2.18. The van der Waals surface area contributed by atoms with Gasteiger partial charge in [0.1, 0.15) is 0 Å². The third-order valence-corrected chi connectivity index (χ3v) is 3.94. The molecule has 1 saturated carbocycles. The predicted molar refractivity (Wildman–Crippen MR) is 69.7 cm³/mol. The van der Waals surface area contributed by atoms with Gasteiger partial charge in [-0.3, -0.25) is 0 Å². The molecule has 82 valence electrons. The molecule has 2 heteroatoms. The zero-order valence-electron chi connectivity index (χ0n) is 9.25. The lowest BCUT2D eigenvalue weighted by atomic mass is 9.85. The van der Waals surface area contributed by atoms with Crippen molar-refractivity contribution in [3.8, 4) is 0 Å². The van der Waals surface area contributed by atoms with Crippen LogP contribution in [-0.2, 0) is 5.33 Å². The van der Waals surface area contributed by atoms with Gasteiger partial charge in [0, 0.05) is 24.6 Å². The third-order valence-electron chi connectivity index (χ3n) is 3.29. The summed E-state index contributed by atoms with van der Waals surface area (Å²) in [7, 11) is 2.20. The van der Waals surface area contributed by atoms with Crippen LogP contribution in [-0.4, -0.2) is 13.6 Å². The topological polar surface area (TPSA) is 3.24 Å². The van der Waals surface area contributed by atoms with E-state index in [0.717, 1.165) is 11.2 Å². The average Bonchev–Trinajstić information content (AvgIpc) is 2.23. The molecule has 0 saturated heterocycles. The van der Waals surface area contributed by atoms with Crippen molar-refractivity contribution in [3.63, 3.8) is 0 Å². The number of anilines is 1. The molecule has 2 rings (SSSR count). The van der Waals surface area contributed by atoms with Crippen molar-refractivity contribution in [3.05, 3.63) is 29.8 Å². The summed E-state index contributed by atoms with van der Waals surface area (Å²) in [4.78, 5) is 2.38. The van der Waals surface area contributed by atoms with Crippen molar-refractivity contribution in [2.24, 2.45) is 5.92 Å². The Morgan fingerprint density at radius 3 is 2.40 bits per heavy atom. The van der Waals surface area contributed by atoms with Crippen LogP contribution in [0.15, 0.2) is 24.3 Å². The van der Waals surface area contributed by atoms with E-state index >= 15 is 0 Å². The second kappa shape index (κ2) is 5.02. The standard InChI is InChI=1S/C13H18BrN/c1-15(10-12-3-2-4-12)13-7-5-11(9-14)6-8-13/h5-8,12H,2-4,9-10H2,1H3. The maximum Gasteiger partial charge on any atom is 0.0363 e. The molecular weight excluding hydrogens is 250 g/mol. The van der Waals surface area contributed by atoms with Crippen LogP contribution in [0.25, 0.3) is 0 Å². The lowest BCUT2D eigenvalue weighted by Crippen LogP contribution is -2.29. The van der Waals surface area contributed by atoms with Gasteiger partial charge in [0.15, 0.2) is 0 Å². The Morgan fingerprint density at radius 2 is 1.93 bits per heavy atom. The zero-order chi connectivity index (χ0) is 10.7. The summed E-state index contributed by atoms with van der Waals surface area (Å²) in [6.07, 6.45) is 4.27. The van der Waals surface area contributed by atoms with Gasteiger partial charge in [0.05, 0.1) is 0 Å². The highest BCUT2D eigenvalue weighted by molar-refractivity contribution is 9.08. The van der Waals surface area contributed by atoms with E-state index in [4.69, 9.17) is 0 Å². The van der Waals surface area contributed by atoms with Crippen molar-refractivity contribution in [2.75, 3.05) is 18.5 Å². The Labute approximate surface area is 101 Å². The molecule has 0 bridgehead atoms. The fourth-order valence-electron chi connectivity index (χ4n) is 2.01. The first-order valence-corrected chi connectivity index (χ1v) is 6.78. The minimum Gasteiger partial charge on any atom is -0.374 e. The predicted octanol–water partition coefficient (Wildman–Crippen LogP) is 3.82. The molecule has 1 aliphatic rings. The molecule has 0 spiro atoms. The minimum atomic E-state index is 0.936. The molecule has 15 heavy (non-hydrogen) atoms. The van der Waals surface area contributed by atoms with E-state index in [9.17, 15) is 0 Å². The monoisotopic (exact) mass is 267 g/mol. The summed E-state index contributed by atoms with van der Waals surface area (Å²) < 4.78 is 0. The summed E-state index contributed by atoms with van der Waals surface area (Å²) in [5, 5.41) is 0.944. The molecule has 0 aliphatic heterocycles. The Morgan fingerprint density at radius 1 is 1.27 bits per heavy atom. The van der Waals surface area contributed by atoms with E-state index in [2.05, 4.69) is 52.1 Å². The van der Waals surface area contributed by atoms with E-state index in [1.165, 1.54) is 37.1 Å². The van der Waals surface area contributed by atoms with E-state index in [1.54, 1.807) is 0 Å².